The number of nitro groups is 1. The first-order valence-electron chi connectivity index (χ1n) is 6.71. The van der Waals surface area contributed by atoms with E-state index in [-0.39, 0.29) is 11.4 Å². The van der Waals surface area contributed by atoms with Crippen LogP contribution in [0.1, 0.15) is 30.9 Å². The van der Waals surface area contributed by atoms with Gasteiger partial charge in [0, 0.05) is 12.1 Å². The molecule has 0 atom stereocenters. The van der Waals surface area contributed by atoms with Crippen LogP contribution in [-0.2, 0) is 0 Å². The average molecular weight is 286 g/mol. The Balaban J connectivity index is 2.26. The zero-order chi connectivity index (χ0) is 15.6. The van der Waals surface area contributed by atoms with Gasteiger partial charge in [0.15, 0.2) is 5.75 Å². The molecule has 5 heteroatoms. The number of nitrogens with zero attached hydrogens (tertiary/aromatic N) is 1. The van der Waals surface area contributed by atoms with E-state index in [9.17, 15) is 10.1 Å². The van der Waals surface area contributed by atoms with Crippen molar-refractivity contribution >= 4 is 11.4 Å². The molecule has 0 spiro atoms. The van der Waals surface area contributed by atoms with Gasteiger partial charge in [-0.2, -0.15) is 0 Å². The second kappa shape index (κ2) is 5.83. The van der Waals surface area contributed by atoms with Crippen LogP contribution in [0.15, 0.2) is 36.4 Å². The second-order valence-electron chi connectivity index (χ2n) is 5.25. The van der Waals surface area contributed by atoms with Crippen molar-refractivity contribution in [2.45, 2.75) is 26.7 Å². The Hall–Kier alpha value is -2.56. The molecule has 0 bridgehead atoms. The van der Waals surface area contributed by atoms with Crippen LogP contribution in [0.4, 0.5) is 11.4 Å². The number of ether oxygens (including phenoxy) is 1. The third-order valence-electron chi connectivity index (χ3n) is 3.30. The van der Waals surface area contributed by atoms with Crippen molar-refractivity contribution in [2.75, 3.05) is 5.73 Å². The summed E-state index contributed by atoms with van der Waals surface area (Å²) in [5.74, 6) is 1.53. The Bertz CT molecular complexity index is 681. The Labute approximate surface area is 123 Å². The molecule has 21 heavy (non-hydrogen) atoms. The number of hydrogen-bond acceptors (Lipinski definition) is 4. The number of benzene rings is 2. The summed E-state index contributed by atoms with van der Waals surface area (Å²) >= 11 is 0. The summed E-state index contributed by atoms with van der Waals surface area (Å²) in [4.78, 5) is 10.2. The fourth-order valence-corrected chi connectivity index (χ4v) is 2.23. The topological polar surface area (TPSA) is 78.4 Å². The number of hydrogen-bond donors (Lipinski definition) is 1. The van der Waals surface area contributed by atoms with Crippen LogP contribution in [0.3, 0.4) is 0 Å². The molecule has 0 aromatic heterocycles. The first-order chi connectivity index (χ1) is 9.88. The number of non-ortho nitro benzene ring substituents is 1. The van der Waals surface area contributed by atoms with E-state index in [1.165, 1.54) is 23.8 Å². The fourth-order valence-electron chi connectivity index (χ4n) is 2.23. The third kappa shape index (κ3) is 3.31. The Morgan fingerprint density at radius 1 is 1.19 bits per heavy atom. The van der Waals surface area contributed by atoms with Gasteiger partial charge in [-0.15, -0.1) is 0 Å². The molecular formula is C16H18N2O3. The summed E-state index contributed by atoms with van der Waals surface area (Å²) < 4.78 is 5.71. The standard InChI is InChI=1S/C16H18N2O3/c1-10(2)14-6-5-13(8-11(14)3)21-16-7-4-12(18(19)20)9-15(16)17/h4-10H,17H2,1-3H3. The van der Waals surface area contributed by atoms with E-state index >= 15 is 0 Å². The van der Waals surface area contributed by atoms with Crippen LogP contribution in [0.25, 0.3) is 0 Å². The van der Waals surface area contributed by atoms with Gasteiger partial charge in [0.25, 0.3) is 5.69 Å². The van der Waals surface area contributed by atoms with E-state index in [1.807, 2.05) is 25.1 Å². The minimum Gasteiger partial charge on any atom is -0.455 e. The van der Waals surface area contributed by atoms with E-state index in [2.05, 4.69) is 13.8 Å². The van der Waals surface area contributed by atoms with Gasteiger partial charge in [0.05, 0.1) is 10.6 Å². The van der Waals surface area contributed by atoms with Gasteiger partial charge in [-0.3, -0.25) is 10.1 Å². The van der Waals surface area contributed by atoms with Crippen LogP contribution < -0.4 is 10.5 Å². The molecule has 2 rings (SSSR count). The van der Waals surface area contributed by atoms with Gasteiger partial charge >= 0.3 is 0 Å². The van der Waals surface area contributed by atoms with Crippen molar-refractivity contribution in [1.82, 2.24) is 0 Å². The normalized spacial score (nSPS) is 10.7. The molecule has 5 nitrogen and oxygen atoms in total. The minimum atomic E-state index is -0.484. The molecule has 0 aliphatic heterocycles. The first kappa shape index (κ1) is 14.8. The molecule has 2 aromatic rings. The first-order valence-corrected chi connectivity index (χ1v) is 6.71. The molecular weight excluding hydrogens is 268 g/mol. The lowest BCUT2D eigenvalue weighted by Gasteiger charge is -2.13. The van der Waals surface area contributed by atoms with E-state index in [0.717, 1.165) is 5.56 Å². The van der Waals surface area contributed by atoms with Gasteiger partial charge in [-0.1, -0.05) is 19.9 Å². The highest BCUT2D eigenvalue weighted by atomic mass is 16.6. The summed E-state index contributed by atoms with van der Waals surface area (Å²) in [7, 11) is 0. The van der Waals surface area contributed by atoms with Crippen LogP contribution >= 0.6 is 0 Å². The van der Waals surface area contributed by atoms with E-state index < -0.39 is 4.92 Å². The van der Waals surface area contributed by atoms with Crippen molar-refractivity contribution in [3.8, 4) is 11.5 Å². The quantitative estimate of drug-likeness (QED) is 0.513. The lowest BCUT2D eigenvalue weighted by molar-refractivity contribution is -0.384. The maximum absolute atomic E-state index is 10.7. The van der Waals surface area contributed by atoms with Crippen LogP contribution in [-0.4, -0.2) is 4.92 Å². The molecule has 0 heterocycles. The van der Waals surface area contributed by atoms with Gasteiger partial charge in [0.1, 0.15) is 5.75 Å². The fraction of sp³-hybridized carbons (Fsp3) is 0.250. The molecule has 110 valence electrons. The number of nitrogen functional groups attached to an aromatic ring is 1. The maximum atomic E-state index is 10.7. The highest BCUT2D eigenvalue weighted by Gasteiger charge is 2.11. The number of rotatable bonds is 4. The Morgan fingerprint density at radius 3 is 2.43 bits per heavy atom. The van der Waals surface area contributed by atoms with Crippen molar-refractivity contribution in [3.05, 3.63) is 57.6 Å². The minimum absolute atomic E-state index is 0.0498. The van der Waals surface area contributed by atoms with Crippen molar-refractivity contribution < 1.29 is 9.66 Å². The lowest BCUT2D eigenvalue weighted by atomic mass is 9.98. The van der Waals surface area contributed by atoms with Gasteiger partial charge < -0.3 is 10.5 Å². The SMILES string of the molecule is Cc1cc(Oc2ccc([N+](=O)[O-])cc2N)ccc1C(C)C. The predicted octanol–water partition coefficient (Wildman–Crippen LogP) is 4.40. The van der Waals surface area contributed by atoms with E-state index in [4.69, 9.17) is 10.5 Å². The van der Waals surface area contributed by atoms with Crippen LogP contribution in [0, 0.1) is 17.0 Å². The monoisotopic (exact) mass is 286 g/mol. The predicted molar refractivity (Wildman–Crippen MR) is 82.9 cm³/mol. The zero-order valence-corrected chi connectivity index (χ0v) is 12.3. The van der Waals surface area contributed by atoms with Crippen molar-refractivity contribution in [3.63, 3.8) is 0 Å². The second-order valence-corrected chi connectivity index (χ2v) is 5.25. The highest BCUT2D eigenvalue weighted by molar-refractivity contribution is 5.59. The molecule has 0 aliphatic rings. The molecule has 0 amide bonds. The summed E-state index contributed by atoms with van der Waals surface area (Å²) in [5.41, 5.74) is 8.39. The van der Waals surface area contributed by atoms with Crippen LogP contribution in [0.2, 0.25) is 0 Å². The van der Waals surface area contributed by atoms with Gasteiger partial charge in [-0.05, 0) is 42.2 Å². The molecule has 0 saturated heterocycles. The summed E-state index contributed by atoms with van der Waals surface area (Å²) in [6, 6.07) is 10.0. The number of nitrogens with two attached hydrogens (primary N) is 1. The highest BCUT2D eigenvalue weighted by Crippen LogP contribution is 2.32. The number of anilines is 1. The summed E-state index contributed by atoms with van der Waals surface area (Å²) in [6.45, 7) is 6.30. The van der Waals surface area contributed by atoms with Crippen molar-refractivity contribution in [1.29, 1.82) is 0 Å². The van der Waals surface area contributed by atoms with E-state index in [0.29, 0.717) is 17.4 Å². The molecule has 0 aliphatic carbocycles. The maximum Gasteiger partial charge on any atom is 0.271 e. The zero-order valence-electron chi connectivity index (χ0n) is 12.3. The van der Waals surface area contributed by atoms with Gasteiger partial charge in [0.2, 0.25) is 0 Å². The molecule has 0 unspecified atom stereocenters. The Kier molecular flexibility index (Phi) is 4.12. The van der Waals surface area contributed by atoms with E-state index in [1.54, 1.807) is 0 Å². The largest absolute Gasteiger partial charge is 0.455 e. The molecule has 0 saturated carbocycles. The van der Waals surface area contributed by atoms with Gasteiger partial charge in [-0.25, -0.2) is 0 Å². The number of nitro benzene ring substituents is 1. The summed E-state index contributed by atoms with van der Waals surface area (Å²) in [6.07, 6.45) is 0. The molecule has 0 fully saturated rings. The third-order valence-corrected chi connectivity index (χ3v) is 3.30. The molecule has 2 aromatic carbocycles. The van der Waals surface area contributed by atoms with Crippen molar-refractivity contribution in [2.24, 2.45) is 0 Å². The van der Waals surface area contributed by atoms with Crippen LogP contribution in [0.5, 0.6) is 11.5 Å². The smallest absolute Gasteiger partial charge is 0.271 e. The number of aryl methyl sites for hydroxylation is 1. The molecule has 0 radical (unpaired) electrons. The molecule has 2 N–H and O–H groups in total. The average Bonchev–Trinajstić information content (AvgIpc) is 2.40. The summed E-state index contributed by atoms with van der Waals surface area (Å²) in [5, 5.41) is 10.7. The lowest BCUT2D eigenvalue weighted by Crippen LogP contribution is -1.96. The Morgan fingerprint density at radius 2 is 1.90 bits per heavy atom.